The fourth-order valence-corrected chi connectivity index (χ4v) is 4.58. The number of hydrogen-bond donors (Lipinski definition) is 2. The van der Waals surface area contributed by atoms with Gasteiger partial charge in [-0.2, -0.15) is 0 Å². The van der Waals surface area contributed by atoms with Crippen molar-refractivity contribution in [1.29, 1.82) is 0 Å². The van der Waals surface area contributed by atoms with Crippen molar-refractivity contribution in [1.82, 2.24) is 9.97 Å². The van der Waals surface area contributed by atoms with Gasteiger partial charge in [-0.25, -0.2) is 13.4 Å². The second-order valence-corrected chi connectivity index (χ2v) is 9.39. The van der Waals surface area contributed by atoms with Gasteiger partial charge in [0.15, 0.2) is 0 Å². The SMILES string of the molecule is CC(C)Cc1ccc(S(=O)(=O)Nc2ccc3nc(C4CCCO4)[nH]c3c2)cc1. The van der Waals surface area contributed by atoms with Gasteiger partial charge in [0.2, 0.25) is 0 Å². The number of anilines is 1. The quantitative estimate of drug-likeness (QED) is 0.643. The second-order valence-electron chi connectivity index (χ2n) is 7.70. The van der Waals surface area contributed by atoms with E-state index >= 15 is 0 Å². The summed E-state index contributed by atoms with van der Waals surface area (Å²) < 4.78 is 33.8. The van der Waals surface area contributed by atoms with Gasteiger partial charge in [0, 0.05) is 6.61 Å². The molecule has 0 bridgehead atoms. The molecule has 1 aromatic heterocycles. The minimum absolute atomic E-state index is 0.00287. The highest BCUT2D eigenvalue weighted by Crippen LogP contribution is 2.29. The van der Waals surface area contributed by atoms with Crippen LogP contribution >= 0.6 is 0 Å². The molecule has 4 rings (SSSR count). The van der Waals surface area contributed by atoms with Gasteiger partial charge in [-0.1, -0.05) is 26.0 Å². The van der Waals surface area contributed by atoms with Crippen LogP contribution in [0.25, 0.3) is 11.0 Å². The Kier molecular flexibility index (Phi) is 5.12. The first-order valence-corrected chi connectivity index (χ1v) is 11.1. The van der Waals surface area contributed by atoms with Gasteiger partial charge in [0.1, 0.15) is 11.9 Å². The molecule has 1 fully saturated rings. The summed E-state index contributed by atoms with van der Waals surface area (Å²) in [6, 6.07) is 12.4. The molecule has 7 heteroatoms. The number of aromatic amines is 1. The fraction of sp³-hybridized carbons (Fsp3) is 0.381. The third kappa shape index (κ3) is 4.05. The molecule has 0 radical (unpaired) electrons. The van der Waals surface area contributed by atoms with Gasteiger partial charge in [-0.15, -0.1) is 0 Å². The van der Waals surface area contributed by atoms with Gasteiger partial charge < -0.3 is 9.72 Å². The van der Waals surface area contributed by atoms with Crippen LogP contribution in [0.5, 0.6) is 0 Å². The molecule has 2 aromatic carbocycles. The molecule has 0 amide bonds. The normalized spacial score (nSPS) is 17.5. The molecule has 0 aliphatic carbocycles. The van der Waals surface area contributed by atoms with Crippen LogP contribution in [0.2, 0.25) is 0 Å². The maximum absolute atomic E-state index is 12.7. The average molecular weight is 400 g/mol. The molecule has 1 saturated heterocycles. The van der Waals surface area contributed by atoms with Crippen molar-refractivity contribution >= 4 is 26.7 Å². The Bertz CT molecular complexity index is 1070. The Morgan fingerprint density at radius 3 is 2.68 bits per heavy atom. The smallest absolute Gasteiger partial charge is 0.261 e. The molecule has 0 saturated carbocycles. The summed E-state index contributed by atoms with van der Waals surface area (Å²) in [4.78, 5) is 8.08. The van der Waals surface area contributed by atoms with Crippen LogP contribution in [-0.2, 0) is 21.2 Å². The number of nitrogens with zero attached hydrogens (tertiary/aromatic N) is 1. The molecular weight excluding hydrogens is 374 g/mol. The maximum Gasteiger partial charge on any atom is 0.261 e. The van der Waals surface area contributed by atoms with Crippen LogP contribution in [0.15, 0.2) is 47.4 Å². The van der Waals surface area contributed by atoms with E-state index in [0.717, 1.165) is 48.3 Å². The maximum atomic E-state index is 12.7. The van der Waals surface area contributed by atoms with E-state index in [2.05, 4.69) is 28.5 Å². The lowest BCUT2D eigenvalue weighted by atomic mass is 10.0. The summed E-state index contributed by atoms with van der Waals surface area (Å²) in [5, 5.41) is 0. The molecule has 3 aromatic rings. The van der Waals surface area contributed by atoms with Gasteiger partial charge in [0.05, 0.1) is 21.6 Å². The van der Waals surface area contributed by atoms with Crippen LogP contribution in [0.3, 0.4) is 0 Å². The van der Waals surface area contributed by atoms with Crippen molar-refractivity contribution in [2.24, 2.45) is 5.92 Å². The summed E-state index contributed by atoms with van der Waals surface area (Å²) in [7, 11) is -3.65. The Balaban J connectivity index is 1.54. The zero-order valence-electron chi connectivity index (χ0n) is 16.1. The number of H-pyrrole nitrogens is 1. The molecule has 1 unspecified atom stereocenters. The van der Waals surface area contributed by atoms with E-state index in [4.69, 9.17) is 4.74 Å². The standard InChI is InChI=1S/C21H25N3O3S/c1-14(2)12-15-5-8-17(9-6-15)28(25,26)24-16-7-10-18-19(13-16)23-21(22-18)20-4-3-11-27-20/h5-10,13-14,20,24H,3-4,11-12H2,1-2H3,(H,22,23). The average Bonchev–Trinajstić information content (AvgIpc) is 3.30. The van der Waals surface area contributed by atoms with Gasteiger partial charge in [-0.3, -0.25) is 4.72 Å². The molecule has 1 atom stereocenters. The molecule has 28 heavy (non-hydrogen) atoms. The van der Waals surface area contributed by atoms with Crippen LogP contribution < -0.4 is 4.72 Å². The monoisotopic (exact) mass is 399 g/mol. The highest BCUT2D eigenvalue weighted by atomic mass is 32.2. The number of sulfonamides is 1. The van der Waals surface area contributed by atoms with Crippen molar-refractivity contribution in [3.05, 3.63) is 53.9 Å². The largest absolute Gasteiger partial charge is 0.370 e. The third-order valence-corrected chi connectivity index (χ3v) is 6.26. The highest BCUT2D eigenvalue weighted by molar-refractivity contribution is 7.92. The summed E-state index contributed by atoms with van der Waals surface area (Å²) >= 11 is 0. The zero-order valence-corrected chi connectivity index (χ0v) is 16.9. The Hall–Kier alpha value is -2.38. The lowest BCUT2D eigenvalue weighted by molar-refractivity contribution is 0.106. The molecular formula is C21H25N3O3S. The van der Waals surface area contributed by atoms with E-state index in [1.54, 1.807) is 24.3 Å². The third-order valence-electron chi connectivity index (χ3n) is 4.86. The van der Waals surface area contributed by atoms with Crippen molar-refractivity contribution in [2.45, 2.75) is 44.1 Å². The minimum atomic E-state index is -3.65. The number of rotatable bonds is 6. The molecule has 1 aliphatic heterocycles. The van der Waals surface area contributed by atoms with Crippen molar-refractivity contribution in [3.8, 4) is 0 Å². The first-order chi connectivity index (χ1) is 13.4. The lowest BCUT2D eigenvalue weighted by Gasteiger charge is -2.10. The lowest BCUT2D eigenvalue weighted by Crippen LogP contribution is -2.13. The van der Waals surface area contributed by atoms with Crippen LogP contribution in [0, 0.1) is 5.92 Å². The number of ether oxygens (including phenoxy) is 1. The fourth-order valence-electron chi connectivity index (χ4n) is 3.53. The van der Waals surface area contributed by atoms with Crippen molar-refractivity contribution in [2.75, 3.05) is 11.3 Å². The van der Waals surface area contributed by atoms with E-state index in [1.807, 2.05) is 18.2 Å². The number of imidazole rings is 1. The summed E-state index contributed by atoms with van der Waals surface area (Å²) in [6.45, 7) is 5.03. The summed E-state index contributed by atoms with van der Waals surface area (Å²) in [5.74, 6) is 1.33. The number of nitrogens with one attached hydrogen (secondary N) is 2. The van der Waals surface area contributed by atoms with Gasteiger partial charge in [0.25, 0.3) is 10.0 Å². The molecule has 1 aliphatic rings. The molecule has 148 valence electrons. The van der Waals surface area contributed by atoms with Crippen LogP contribution in [-0.4, -0.2) is 25.0 Å². The van der Waals surface area contributed by atoms with Crippen molar-refractivity contribution < 1.29 is 13.2 Å². The van der Waals surface area contributed by atoms with Gasteiger partial charge >= 0.3 is 0 Å². The molecule has 2 N–H and O–H groups in total. The number of fused-ring (bicyclic) bond motifs is 1. The Morgan fingerprint density at radius 2 is 2.00 bits per heavy atom. The molecule has 2 heterocycles. The van der Waals surface area contributed by atoms with Gasteiger partial charge in [-0.05, 0) is 61.1 Å². The molecule has 6 nitrogen and oxygen atoms in total. The number of hydrogen-bond acceptors (Lipinski definition) is 4. The van der Waals surface area contributed by atoms with Crippen molar-refractivity contribution in [3.63, 3.8) is 0 Å². The first-order valence-electron chi connectivity index (χ1n) is 9.64. The highest BCUT2D eigenvalue weighted by Gasteiger charge is 2.21. The predicted molar refractivity (Wildman–Crippen MR) is 110 cm³/mol. The Labute approximate surface area is 165 Å². The minimum Gasteiger partial charge on any atom is -0.370 e. The topological polar surface area (TPSA) is 84.1 Å². The van der Waals surface area contributed by atoms with E-state index in [1.165, 1.54) is 0 Å². The van der Waals surface area contributed by atoms with Crippen LogP contribution in [0.1, 0.15) is 44.2 Å². The van der Waals surface area contributed by atoms with E-state index in [-0.39, 0.29) is 11.0 Å². The number of aromatic nitrogens is 2. The second kappa shape index (κ2) is 7.56. The number of benzene rings is 2. The van der Waals surface area contributed by atoms with E-state index in [0.29, 0.717) is 11.6 Å². The summed E-state index contributed by atoms with van der Waals surface area (Å²) in [5.41, 5.74) is 3.22. The summed E-state index contributed by atoms with van der Waals surface area (Å²) in [6.07, 6.45) is 2.91. The first kappa shape index (κ1) is 19.0. The van der Waals surface area contributed by atoms with E-state index in [9.17, 15) is 8.42 Å². The Morgan fingerprint density at radius 1 is 1.21 bits per heavy atom. The zero-order chi connectivity index (χ0) is 19.7. The van der Waals surface area contributed by atoms with Crippen LogP contribution in [0.4, 0.5) is 5.69 Å². The predicted octanol–water partition coefficient (Wildman–Crippen LogP) is 4.41. The van der Waals surface area contributed by atoms with E-state index < -0.39 is 10.0 Å². The molecule has 0 spiro atoms.